The number of anilines is 3. The SMILES string of the molecule is COc1ccc(Nc2cc(OC)ccc2OC)c(N)c1. The van der Waals surface area contributed by atoms with Gasteiger partial charge in [-0.2, -0.15) is 0 Å². The Labute approximate surface area is 118 Å². The first kappa shape index (κ1) is 13.9. The summed E-state index contributed by atoms with van der Waals surface area (Å²) in [5.74, 6) is 2.16. The average Bonchev–Trinajstić information content (AvgIpc) is 2.49. The summed E-state index contributed by atoms with van der Waals surface area (Å²) >= 11 is 0. The van der Waals surface area contributed by atoms with Crippen LogP contribution in [-0.2, 0) is 0 Å². The molecule has 5 nitrogen and oxygen atoms in total. The smallest absolute Gasteiger partial charge is 0.142 e. The fraction of sp³-hybridized carbons (Fsp3) is 0.200. The predicted molar refractivity (Wildman–Crippen MR) is 80.2 cm³/mol. The fourth-order valence-electron chi connectivity index (χ4n) is 1.84. The number of nitrogens with two attached hydrogens (primary N) is 1. The molecule has 0 radical (unpaired) electrons. The number of hydrogen-bond donors (Lipinski definition) is 2. The van der Waals surface area contributed by atoms with Crippen LogP contribution < -0.4 is 25.3 Å². The van der Waals surface area contributed by atoms with Crippen LogP contribution in [0.5, 0.6) is 17.2 Å². The first-order valence-electron chi connectivity index (χ1n) is 6.10. The average molecular weight is 274 g/mol. The van der Waals surface area contributed by atoms with Gasteiger partial charge < -0.3 is 25.3 Å². The quantitative estimate of drug-likeness (QED) is 0.820. The fourth-order valence-corrected chi connectivity index (χ4v) is 1.84. The van der Waals surface area contributed by atoms with Crippen molar-refractivity contribution < 1.29 is 14.2 Å². The maximum absolute atomic E-state index is 5.99. The summed E-state index contributed by atoms with van der Waals surface area (Å²) in [6.45, 7) is 0. The Bertz CT molecular complexity index is 600. The van der Waals surface area contributed by atoms with Gasteiger partial charge in [0.25, 0.3) is 0 Å². The highest BCUT2D eigenvalue weighted by atomic mass is 16.5. The van der Waals surface area contributed by atoms with Crippen molar-refractivity contribution in [1.82, 2.24) is 0 Å². The van der Waals surface area contributed by atoms with Crippen LogP contribution in [0.3, 0.4) is 0 Å². The Kier molecular flexibility index (Phi) is 4.20. The van der Waals surface area contributed by atoms with Crippen LogP contribution in [0.1, 0.15) is 0 Å². The molecular weight excluding hydrogens is 256 g/mol. The largest absolute Gasteiger partial charge is 0.497 e. The van der Waals surface area contributed by atoms with E-state index in [1.165, 1.54) is 0 Å². The van der Waals surface area contributed by atoms with Crippen molar-refractivity contribution in [3.63, 3.8) is 0 Å². The van der Waals surface area contributed by atoms with Crippen molar-refractivity contribution in [3.8, 4) is 17.2 Å². The molecule has 2 aromatic rings. The molecule has 2 aromatic carbocycles. The van der Waals surface area contributed by atoms with Gasteiger partial charge in [0.1, 0.15) is 17.2 Å². The summed E-state index contributed by atoms with van der Waals surface area (Å²) in [5.41, 5.74) is 8.14. The number of hydrogen-bond acceptors (Lipinski definition) is 5. The van der Waals surface area contributed by atoms with Crippen molar-refractivity contribution in [2.75, 3.05) is 32.4 Å². The van der Waals surface area contributed by atoms with Crippen LogP contribution in [-0.4, -0.2) is 21.3 Å². The molecule has 0 aliphatic heterocycles. The normalized spacial score (nSPS) is 9.95. The lowest BCUT2D eigenvalue weighted by Gasteiger charge is -2.14. The zero-order valence-electron chi connectivity index (χ0n) is 11.8. The first-order chi connectivity index (χ1) is 9.67. The van der Waals surface area contributed by atoms with Gasteiger partial charge in [0.2, 0.25) is 0 Å². The Hall–Kier alpha value is -2.56. The monoisotopic (exact) mass is 274 g/mol. The van der Waals surface area contributed by atoms with Crippen molar-refractivity contribution in [3.05, 3.63) is 36.4 Å². The van der Waals surface area contributed by atoms with Crippen molar-refractivity contribution in [1.29, 1.82) is 0 Å². The number of nitrogens with one attached hydrogen (secondary N) is 1. The van der Waals surface area contributed by atoms with E-state index in [0.29, 0.717) is 17.2 Å². The van der Waals surface area contributed by atoms with Crippen LogP contribution in [0.15, 0.2) is 36.4 Å². The Morgan fingerprint density at radius 2 is 1.45 bits per heavy atom. The van der Waals surface area contributed by atoms with Gasteiger partial charge in [0.05, 0.1) is 38.4 Å². The first-order valence-corrected chi connectivity index (χ1v) is 6.10. The van der Waals surface area contributed by atoms with Gasteiger partial charge in [-0.25, -0.2) is 0 Å². The minimum atomic E-state index is 0.592. The van der Waals surface area contributed by atoms with Crippen LogP contribution in [0.25, 0.3) is 0 Å². The molecule has 0 aromatic heterocycles. The van der Waals surface area contributed by atoms with E-state index < -0.39 is 0 Å². The maximum atomic E-state index is 5.99. The standard InChI is InChI=1S/C15H18N2O3/c1-18-10-4-6-13(12(16)8-10)17-14-9-11(19-2)5-7-15(14)20-3/h4-9,17H,16H2,1-3H3. The molecular formula is C15H18N2O3. The van der Waals surface area contributed by atoms with E-state index in [1.54, 1.807) is 27.4 Å². The molecule has 0 fully saturated rings. The Morgan fingerprint density at radius 1 is 0.800 bits per heavy atom. The van der Waals surface area contributed by atoms with Crippen LogP contribution in [0.2, 0.25) is 0 Å². The third kappa shape index (κ3) is 2.88. The molecule has 20 heavy (non-hydrogen) atoms. The summed E-state index contributed by atoms with van der Waals surface area (Å²) in [7, 11) is 4.84. The lowest BCUT2D eigenvalue weighted by molar-refractivity contribution is 0.405. The van der Waals surface area contributed by atoms with E-state index in [-0.39, 0.29) is 0 Å². The van der Waals surface area contributed by atoms with Crippen LogP contribution >= 0.6 is 0 Å². The molecule has 0 spiro atoms. The van der Waals surface area contributed by atoms with Crippen LogP contribution in [0.4, 0.5) is 17.1 Å². The summed E-state index contributed by atoms with van der Waals surface area (Å²) in [6, 6.07) is 11.0. The second-order valence-corrected chi connectivity index (χ2v) is 4.14. The second kappa shape index (κ2) is 6.06. The molecule has 2 rings (SSSR count). The molecule has 0 saturated heterocycles. The van der Waals surface area contributed by atoms with Crippen molar-refractivity contribution in [2.45, 2.75) is 0 Å². The number of nitrogen functional groups attached to an aromatic ring is 1. The van der Waals surface area contributed by atoms with E-state index in [9.17, 15) is 0 Å². The van der Waals surface area contributed by atoms with Crippen molar-refractivity contribution in [2.24, 2.45) is 0 Å². The van der Waals surface area contributed by atoms with E-state index in [0.717, 1.165) is 17.1 Å². The Balaban J connectivity index is 2.33. The highest BCUT2D eigenvalue weighted by molar-refractivity contribution is 5.77. The summed E-state index contributed by atoms with van der Waals surface area (Å²) in [4.78, 5) is 0. The lowest BCUT2D eigenvalue weighted by Crippen LogP contribution is -1.99. The van der Waals surface area contributed by atoms with Gasteiger partial charge in [-0.15, -0.1) is 0 Å². The molecule has 0 bridgehead atoms. The zero-order valence-corrected chi connectivity index (χ0v) is 11.8. The molecule has 0 atom stereocenters. The second-order valence-electron chi connectivity index (χ2n) is 4.14. The number of rotatable bonds is 5. The minimum absolute atomic E-state index is 0.592. The lowest BCUT2D eigenvalue weighted by atomic mass is 10.2. The van der Waals surface area contributed by atoms with Gasteiger partial charge in [0.15, 0.2) is 0 Å². The Morgan fingerprint density at radius 3 is 2.05 bits per heavy atom. The molecule has 5 heteroatoms. The molecule has 106 valence electrons. The van der Waals surface area contributed by atoms with E-state index >= 15 is 0 Å². The van der Waals surface area contributed by atoms with E-state index in [1.807, 2.05) is 30.3 Å². The van der Waals surface area contributed by atoms with E-state index in [4.69, 9.17) is 19.9 Å². The molecule has 0 heterocycles. The van der Waals surface area contributed by atoms with Gasteiger partial charge in [-0.3, -0.25) is 0 Å². The van der Waals surface area contributed by atoms with Gasteiger partial charge in [-0.05, 0) is 24.3 Å². The highest BCUT2D eigenvalue weighted by Gasteiger charge is 2.08. The van der Waals surface area contributed by atoms with Crippen LogP contribution in [0, 0.1) is 0 Å². The molecule has 0 aliphatic rings. The highest BCUT2D eigenvalue weighted by Crippen LogP contribution is 2.34. The topological polar surface area (TPSA) is 65.7 Å². The maximum Gasteiger partial charge on any atom is 0.142 e. The summed E-state index contributed by atoms with van der Waals surface area (Å²) < 4.78 is 15.7. The zero-order chi connectivity index (χ0) is 14.5. The van der Waals surface area contributed by atoms with E-state index in [2.05, 4.69) is 5.32 Å². The minimum Gasteiger partial charge on any atom is -0.497 e. The van der Waals surface area contributed by atoms with Gasteiger partial charge >= 0.3 is 0 Å². The number of methoxy groups -OCH3 is 3. The van der Waals surface area contributed by atoms with Crippen molar-refractivity contribution >= 4 is 17.1 Å². The third-order valence-electron chi connectivity index (χ3n) is 2.93. The summed E-state index contributed by atoms with van der Waals surface area (Å²) in [5, 5.41) is 3.23. The molecule has 0 aliphatic carbocycles. The third-order valence-corrected chi connectivity index (χ3v) is 2.93. The molecule has 0 saturated carbocycles. The molecule has 0 unspecified atom stereocenters. The van der Waals surface area contributed by atoms with Gasteiger partial charge in [0, 0.05) is 12.1 Å². The van der Waals surface area contributed by atoms with Gasteiger partial charge in [-0.1, -0.05) is 0 Å². The number of ether oxygens (including phenoxy) is 3. The predicted octanol–water partition coefficient (Wildman–Crippen LogP) is 3.04. The summed E-state index contributed by atoms with van der Waals surface area (Å²) in [6.07, 6.45) is 0. The molecule has 3 N–H and O–H groups in total. The molecule has 0 amide bonds. The number of benzene rings is 2.